The topological polar surface area (TPSA) is 96.2 Å². The fraction of sp³-hybridized carbons (Fsp3) is 0.735. The van der Waals surface area contributed by atoms with E-state index in [4.69, 9.17) is 14.6 Å². The number of hydrogen-bond acceptors (Lipinski definition) is 6. The van der Waals surface area contributed by atoms with E-state index in [1.54, 1.807) is 0 Å². The van der Waals surface area contributed by atoms with Crippen molar-refractivity contribution in [1.29, 1.82) is 0 Å². The Morgan fingerprint density at radius 2 is 1.88 bits per heavy atom. The quantitative estimate of drug-likeness (QED) is 0.182. The molecule has 0 aromatic carbocycles. The van der Waals surface area contributed by atoms with Crippen LogP contribution in [-0.4, -0.2) is 58.9 Å². The maximum Gasteiger partial charge on any atom is 0.334 e. The number of aliphatic hydroxyl groups is 3. The Morgan fingerprint density at radius 3 is 2.58 bits per heavy atom. The maximum absolute atomic E-state index is 12.4. The van der Waals surface area contributed by atoms with Gasteiger partial charge in [-0.25, -0.2) is 4.79 Å². The molecule has 4 fully saturated rings. The number of esters is 1. The zero-order chi connectivity index (χ0) is 29.2. The second-order valence-electron chi connectivity index (χ2n) is 13.6. The number of cyclic esters (lactones) is 1. The Kier molecular flexibility index (Phi) is 10.2. The molecule has 4 rings (SSSR count). The number of hydrogen-bond donors (Lipinski definition) is 3. The van der Waals surface area contributed by atoms with Gasteiger partial charge in [0.15, 0.2) is 0 Å². The highest BCUT2D eigenvalue weighted by molar-refractivity contribution is 5.90. The molecule has 0 aromatic heterocycles. The summed E-state index contributed by atoms with van der Waals surface area (Å²) in [6.07, 6.45) is 10.3. The lowest BCUT2D eigenvalue weighted by Crippen LogP contribution is -2.45. The number of carbonyl (C=O) groups is 1. The van der Waals surface area contributed by atoms with Crippen molar-refractivity contribution in [3.8, 4) is 0 Å². The summed E-state index contributed by atoms with van der Waals surface area (Å²) in [5, 5.41) is 30.5. The van der Waals surface area contributed by atoms with Gasteiger partial charge in [-0.05, 0) is 91.6 Å². The highest BCUT2D eigenvalue weighted by Crippen LogP contribution is 2.60. The zero-order valence-corrected chi connectivity index (χ0v) is 25.1. The van der Waals surface area contributed by atoms with Gasteiger partial charge in [0.2, 0.25) is 0 Å². The van der Waals surface area contributed by atoms with Crippen LogP contribution in [0.15, 0.2) is 47.6 Å². The van der Waals surface area contributed by atoms with Crippen LogP contribution in [0.3, 0.4) is 0 Å². The van der Waals surface area contributed by atoms with E-state index < -0.39 is 18.3 Å². The van der Waals surface area contributed by atoms with Gasteiger partial charge in [-0.3, -0.25) is 0 Å². The molecule has 0 amide bonds. The molecule has 9 atom stereocenters. The Morgan fingerprint density at radius 1 is 1.12 bits per heavy atom. The molecule has 0 aromatic rings. The van der Waals surface area contributed by atoms with E-state index in [2.05, 4.69) is 53.0 Å². The fourth-order valence-corrected chi connectivity index (χ4v) is 8.37. The van der Waals surface area contributed by atoms with Crippen LogP contribution in [0.25, 0.3) is 0 Å². The number of aliphatic hydroxyl groups excluding tert-OH is 3. The van der Waals surface area contributed by atoms with Gasteiger partial charge in [-0.1, -0.05) is 58.6 Å². The van der Waals surface area contributed by atoms with Crippen LogP contribution in [0.1, 0.15) is 85.5 Å². The van der Waals surface area contributed by atoms with Gasteiger partial charge in [0.25, 0.3) is 0 Å². The third kappa shape index (κ3) is 6.35. The van der Waals surface area contributed by atoms with Crippen molar-refractivity contribution in [1.82, 2.24) is 0 Å². The predicted molar refractivity (Wildman–Crippen MR) is 157 cm³/mol. The Labute approximate surface area is 241 Å². The summed E-state index contributed by atoms with van der Waals surface area (Å²) >= 11 is 0. The van der Waals surface area contributed by atoms with Crippen molar-refractivity contribution >= 4 is 5.97 Å². The van der Waals surface area contributed by atoms with Gasteiger partial charge in [0.1, 0.15) is 18.3 Å². The molecule has 40 heavy (non-hydrogen) atoms. The largest absolute Gasteiger partial charge is 0.458 e. The summed E-state index contributed by atoms with van der Waals surface area (Å²) in [6.45, 7) is 17.7. The standard InChI is InChI=1S/C34H52O6/c1-20(2)17-26-23(5)33(38)40-30(26)18-21(3)27-12-13-28-24(9-7-14-34(27,28)6)10-11-25-19-29(36)32(31(37)22(25)4)39-16-8-15-35/h10-11,20-21,26-32,35-37H,4-5,7-9,12-19H2,1-3,6H3/b24-10+,25-11-/t21-,26-,27-,28+,29-,30+,31-,32+,34-/m1/s1. The summed E-state index contributed by atoms with van der Waals surface area (Å²) in [5.74, 6) is 1.96. The Balaban J connectivity index is 1.45. The minimum Gasteiger partial charge on any atom is -0.458 e. The highest BCUT2D eigenvalue weighted by atomic mass is 16.6. The number of carbonyl (C=O) groups excluding carboxylic acids is 1. The molecule has 1 aliphatic heterocycles. The van der Waals surface area contributed by atoms with Crippen molar-refractivity contribution in [2.24, 2.45) is 35.0 Å². The minimum absolute atomic E-state index is 0.0146. The van der Waals surface area contributed by atoms with Gasteiger partial charge in [0, 0.05) is 31.1 Å². The first-order valence-corrected chi connectivity index (χ1v) is 15.5. The molecule has 6 nitrogen and oxygen atoms in total. The highest BCUT2D eigenvalue weighted by Gasteiger charge is 2.52. The first kappa shape index (κ1) is 31.2. The van der Waals surface area contributed by atoms with E-state index in [1.165, 1.54) is 24.8 Å². The van der Waals surface area contributed by atoms with E-state index in [1.807, 2.05) is 0 Å². The van der Waals surface area contributed by atoms with E-state index in [0.717, 1.165) is 31.3 Å². The van der Waals surface area contributed by atoms with E-state index in [9.17, 15) is 15.0 Å². The molecule has 0 radical (unpaired) electrons. The smallest absolute Gasteiger partial charge is 0.334 e. The number of rotatable bonds is 10. The third-order valence-electron chi connectivity index (χ3n) is 10.5. The molecule has 3 saturated carbocycles. The molecule has 0 unspecified atom stereocenters. The predicted octanol–water partition coefficient (Wildman–Crippen LogP) is 5.68. The van der Waals surface area contributed by atoms with Crippen LogP contribution in [0.5, 0.6) is 0 Å². The van der Waals surface area contributed by atoms with E-state index >= 15 is 0 Å². The van der Waals surface area contributed by atoms with Gasteiger partial charge in [0.05, 0.1) is 6.10 Å². The lowest BCUT2D eigenvalue weighted by Gasteiger charge is -2.45. The van der Waals surface area contributed by atoms with Crippen LogP contribution < -0.4 is 0 Å². The summed E-state index contributed by atoms with van der Waals surface area (Å²) < 4.78 is 11.5. The summed E-state index contributed by atoms with van der Waals surface area (Å²) in [5.41, 5.74) is 3.82. The molecule has 6 heteroatoms. The van der Waals surface area contributed by atoms with E-state index in [-0.39, 0.29) is 30.0 Å². The average Bonchev–Trinajstić information content (AvgIpc) is 3.38. The SMILES string of the molecule is C=C1/C(=C\C=C2/CCC[C@]3(C)[C@@H]([C@H](C)C[C@@H]4OC(=O)C(=C)[C@H]4CC(C)C)CC[C@@H]23)C[C@@H](O)[C@H](OCCCO)[C@@H]1O. The third-order valence-corrected chi connectivity index (χ3v) is 10.5. The molecule has 1 saturated heterocycles. The molecule has 3 aliphatic carbocycles. The van der Waals surface area contributed by atoms with Crippen LogP contribution in [-0.2, 0) is 14.3 Å². The Bertz CT molecular complexity index is 1010. The number of allylic oxidation sites excluding steroid dienone is 3. The summed E-state index contributed by atoms with van der Waals surface area (Å²) in [6, 6.07) is 0. The molecule has 0 spiro atoms. The molecular formula is C34H52O6. The van der Waals surface area contributed by atoms with Crippen molar-refractivity contribution < 1.29 is 29.6 Å². The van der Waals surface area contributed by atoms with E-state index in [0.29, 0.717) is 54.3 Å². The maximum atomic E-state index is 12.4. The molecule has 0 bridgehead atoms. The summed E-state index contributed by atoms with van der Waals surface area (Å²) in [4.78, 5) is 12.4. The summed E-state index contributed by atoms with van der Waals surface area (Å²) in [7, 11) is 0. The monoisotopic (exact) mass is 556 g/mol. The Hall–Kier alpha value is -1.73. The molecular weight excluding hydrogens is 504 g/mol. The fourth-order valence-electron chi connectivity index (χ4n) is 8.37. The van der Waals surface area contributed by atoms with Gasteiger partial charge < -0.3 is 24.8 Å². The molecule has 3 N–H and O–H groups in total. The minimum atomic E-state index is -0.958. The van der Waals surface area contributed by atoms with Crippen molar-refractivity contribution in [3.63, 3.8) is 0 Å². The average molecular weight is 557 g/mol. The van der Waals surface area contributed by atoms with Gasteiger partial charge >= 0.3 is 5.97 Å². The number of fused-ring (bicyclic) bond motifs is 1. The zero-order valence-electron chi connectivity index (χ0n) is 25.1. The first-order valence-electron chi connectivity index (χ1n) is 15.5. The van der Waals surface area contributed by atoms with Crippen LogP contribution >= 0.6 is 0 Å². The second-order valence-corrected chi connectivity index (χ2v) is 13.6. The molecule has 4 aliphatic rings. The van der Waals surface area contributed by atoms with Crippen LogP contribution in [0.2, 0.25) is 0 Å². The normalized spacial score (nSPS) is 39.3. The second kappa shape index (κ2) is 13.1. The molecule has 224 valence electrons. The first-order chi connectivity index (χ1) is 19.0. The van der Waals surface area contributed by atoms with Crippen molar-refractivity contribution in [2.75, 3.05) is 13.2 Å². The number of ether oxygens (including phenoxy) is 2. The van der Waals surface area contributed by atoms with Crippen molar-refractivity contribution in [2.45, 2.75) is 110 Å². The molecule has 1 heterocycles. The van der Waals surface area contributed by atoms with Crippen LogP contribution in [0.4, 0.5) is 0 Å². The van der Waals surface area contributed by atoms with Gasteiger partial charge in [-0.15, -0.1) is 0 Å². The van der Waals surface area contributed by atoms with Gasteiger partial charge in [-0.2, -0.15) is 0 Å². The lowest BCUT2D eigenvalue weighted by atomic mass is 9.60. The van der Waals surface area contributed by atoms with Crippen LogP contribution in [0, 0.1) is 35.0 Å². The lowest BCUT2D eigenvalue weighted by molar-refractivity contribution is -0.140. The van der Waals surface area contributed by atoms with Crippen molar-refractivity contribution in [3.05, 3.63) is 47.6 Å².